The van der Waals surface area contributed by atoms with E-state index in [1.54, 1.807) is 0 Å². The van der Waals surface area contributed by atoms with Crippen LogP contribution in [0.15, 0.2) is 0 Å². The van der Waals surface area contributed by atoms with E-state index in [0.29, 0.717) is 24.5 Å². The highest BCUT2D eigenvalue weighted by Gasteiger charge is 2.32. The number of nitrogens with one attached hydrogen (secondary N) is 1. The van der Waals surface area contributed by atoms with Gasteiger partial charge in [0.25, 0.3) is 0 Å². The minimum absolute atomic E-state index is 0.319. The maximum atomic E-state index is 12.1. The highest BCUT2D eigenvalue weighted by atomic mass is 16.2. The molecule has 1 atom stereocenters. The zero-order valence-electron chi connectivity index (χ0n) is 10.4. The summed E-state index contributed by atoms with van der Waals surface area (Å²) in [4.78, 5) is 16.4. The summed E-state index contributed by atoms with van der Waals surface area (Å²) < 4.78 is 0. The Hall–Kier alpha value is -0.610. The molecule has 16 heavy (non-hydrogen) atoms. The second-order valence-corrected chi connectivity index (χ2v) is 5.00. The van der Waals surface area contributed by atoms with Gasteiger partial charge < -0.3 is 10.2 Å². The Balaban J connectivity index is 1.80. The fourth-order valence-electron chi connectivity index (χ4n) is 2.46. The van der Waals surface area contributed by atoms with Gasteiger partial charge in [-0.25, -0.2) is 0 Å². The largest absolute Gasteiger partial charge is 0.339 e. The Morgan fingerprint density at radius 3 is 2.81 bits per heavy atom. The summed E-state index contributed by atoms with van der Waals surface area (Å²) in [6, 6.07) is 1.07. The van der Waals surface area contributed by atoms with Crippen molar-refractivity contribution in [1.82, 2.24) is 15.1 Å². The van der Waals surface area contributed by atoms with E-state index in [4.69, 9.17) is 0 Å². The molecule has 92 valence electrons. The standard InChI is InChI=1S/C12H23N3O/c1-3-15(11-4-5-11)12(16)9-14-7-6-13-10(2)8-14/h10-11,13H,3-9H2,1-2H3/t10-/m1/s1. The van der Waals surface area contributed by atoms with Gasteiger partial charge in [0, 0.05) is 38.3 Å². The van der Waals surface area contributed by atoms with Crippen LogP contribution >= 0.6 is 0 Å². The molecular formula is C12H23N3O. The number of amides is 1. The molecule has 1 aliphatic heterocycles. The lowest BCUT2D eigenvalue weighted by Gasteiger charge is -2.33. The second-order valence-electron chi connectivity index (χ2n) is 5.00. The molecule has 0 bridgehead atoms. The van der Waals surface area contributed by atoms with E-state index in [1.165, 1.54) is 12.8 Å². The Morgan fingerprint density at radius 1 is 1.50 bits per heavy atom. The van der Waals surface area contributed by atoms with Gasteiger partial charge in [-0.1, -0.05) is 0 Å². The van der Waals surface area contributed by atoms with Gasteiger partial charge in [-0.2, -0.15) is 0 Å². The van der Waals surface area contributed by atoms with E-state index in [9.17, 15) is 4.79 Å². The predicted octanol–water partition coefficient (Wildman–Crippen LogP) is 0.291. The first-order valence-electron chi connectivity index (χ1n) is 6.46. The fourth-order valence-corrected chi connectivity index (χ4v) is 2.46. The predicted molar refractivity (Wildman–Crippen MR) is 64.3 cm³/mol. The van der Waals surface area contributed by atoms with Crippen LogP contribution in [-0.4, -0.2) is 60.5 Å². The number of piperazine rings is 1. The average molecular weight is 225 g/mol. The number of likely N-dealkylation sites (N-methyl/N-ethyl adjacent to an activating group) is 1. The molecular weight excluding hydrogens is 202 g/mol. The molecule has 1 heterocycles. The number of hydrogen-bond acceptors (Lipinski definition) is 3. The van der Waals surface area contributed by atoms with Crippen molar-refractivity contribution >= 4 is 5.91 Å². The van der Waals surface area contributed by atoms with Crippen LogP contribution in [0.25, 0.3) is 0 Å². The first kappa shape index (κ1) is 11.9. The summed E-state index contributed by atoms with van der Waals surface area (Å²) in [5, 5.41) is 3.40. The fraction of sp³-hybridized carbons (Fsp3) is 0.917. The SMILES string of the molecule is CCN(C(=O)CN1CCN[C@H](C)C1)C1CC1. The van der Waals surface area contributed by atoms with Crippen molar-refractivity contribution in [2.24, 2.45) is 0 Å². The molecule has 2 fully saturated rings. The third-order valence-electron chi connectivity index (χ3n) is 3.46. The van der Waals surface area contributed by atoms with Gasteiger partial charge in [0.2, 0.25) is 5.91 Å². The zero-order valence-corrected chi connectivity index (χ0v) is 10.4. The van der Waals surface area contributed by atoms with Crippen molar-refractivity contribution in [2.75, 3.05) is 32.7 Å². The van der Waals surface area contributed by atoms with Crippen LogP contribution in [0, 0.1) is 0 Å². The molecule has 0 aromatic heterocycles. The van der Waals surface area contributed by atoms with Crippen LogP contribution in [0.2, 0.25) is 0 Å². The van der Waals surface area contributed by atoms with Gasteiger partial charge in [0.15, 0.2) is 0 Å². The molecule has 0 spiro atoms. The van der Waals surface area contributed by atoms with Gasteiger partial charge in [0.1, 0.15) is 0 Å². The van der Waals surface area contributed by atoms with Crippen molar-refractivity contribution in [3.63, 3.8) is 0 Å². The third-order valence-corrected chi connectivity index (χ3v) is 3.46. The van der Waals surface area contributed by atoms with E-state index in [1.807, 2.05) is 4.90 Å². The van der Waals surface area contributed by atoms with E-state index >= 15 is 0 Å². The van der Waals surface area contributed by atoms with Gasteiger partial charge in [-0.3, -0.25) is 9.69 Å². The molecule has 1 N–H and O–H groups in total. The smallest absolute Gasteiger partial charge is 0.236 e. The molecule has 0 aromatic carbocycles. The topological polar surface area (TPSA) is 35.6 Å². The normalized spacial score (nSPS) is 26.8. The molecule has 1 amide bonds. The van der Waals surface area contributed by atoms with Gasteiger partial charge in [-0.15, -0.1) is 0 Å². The second kappa shape index (κ2) is 5.15. The Kier molecular flexibility index (Phi) is 3.82. The minimum Gasteiger partial charge on any atom is -0.339 e. The van der Waals surface area contributed by atoms with Gasteiger partial charge >= 0.3 is 0 Å². The average Bonchev–Trinajstić information content (AvgIpc) is 3.03. The van der Waals surface area contributed by atoms with Crippen LogP contribution < -0.4 is 5.32 Å². The third kappa shape index (κ3) is 2.95. The highest BCUT2D eigenvalue weighted by molar-refractivity contribution is 5.78. The zero-order chi connectivity index (χ0) is 11.5. The quantitative estimate of drug-likeness (QED) is 0.747. The van der Waals surface area contributed by atoms with E-state index in [0.717, 1.165) is 26.2 Å². The summed E-state index contributed by atoms with van der Waals surface area (Å²) in [7, 11) is 0. The lowest BCUT2D eigenvalue weighted by Crippen LogP contribution is -2.52. The summed E-state index contributed by atoms with van der Waals surface area (Å²) in [6.07, 6.45) is 2.41. The lowest BCUT2D eigenvalue weighted by atomic mass is 10.2. The molecule has 1 saturated heterocycles. The van der Waals surface area contributed by atoms with E-state index in [-0.39, 0.29) is 0 Å². The maximum Gasteiger partial charge on any atom is 0.236 e. The molecule has 1 aliphatic carbocycles. The Morgan fingerprint density at radius 2 is 2.25 bits per heavy atom. The van der Waals surface area contributed by atoms with Crippen molar-refractivity contribution in [2.45, 2.75) is 38.8 Å². The molecule has 4 heteroatoms. The molecule has 1 saturated carbocycles. The summed E-state index contributed by atoms with van der Waals surface area (Å²) in [5.74, 6) is 0.319. The van der Waals surface area contributed by atoms with E-state index in [2.05, 4.69) is 24.1 Å². The Bertz CT molecular complexity index is 253. The summed E-state index contributed by atoms with van der Waals surface area (Å²) in [6.45, 7) is 8.73. The highest BCUT2D eigenvalue weighted by Crippen LogP contribution is 2.26. The number of carbonyl (C=O) groups is 1. The molecule has 2 aliphatic rings. The minimum atomic E-state index is 0.319. The molecule has 0 radical (unpaired) electrons. The maximum absolute atomic E-state index is 12.1. The van der Waals surface area contributed by atoms with Gasteiger partial charge in [0.05, 0.1) is 6.54 Å². The van der Waals surface area contributed by atoms with Crippen molar-refractivity contribution in [3.05, 3.63) is 0 Å². The van der Waals surface area contributed by atoms with Crippen molar-refractivity contribution < 1.29 is 4.79 Å². The molecule has 2 rings (SSSR count). The Labute approximate surface area is 98.0 Å². The molecule has 0 unspecified atom stereocenters. The monoisotopic (exact) mass is 225 g/mol. The number of nitrogens with zero attached hydrogens (tertiary/aromatic N) is 2. The van der Waals surface area contributed by atoms with Crippen LogP contribution in [0.1, 0.15) is 26.7 Å². The number of hydrogen-bond donors (Lipinski definition) is 1. The first-order chi connectivity index (χ1) is 7.70. The van der Waals surface area contributed by atoms with Crippen LogP contribution in [-0.2, 0) is 4.79 Å². The van der Waals surface area contributed by atoms with Gasteiger partial charge in [-0.05, 0) is 26.7 Å². The first-order valence-corrected chi connectivity index (χ1v) is 6.46. The molecule has 0 aromatic rings. The van der Waals surface area contributed by atoms with Crippen molar-refractivity contribution in [3.8, 4) is 0 Å². The van der Waals surface area contributed by atoms with Crippen molar-refractivity contribution in [1.29, 1.82) is 0 Å². The number of rotatable bonds is 4. The summed E-state index contributed by atoms with van der Waals surface area (Å²) in [5.41, 5.74) is 0. The van der Waals surface area contributed by atoms with Crippen LogP contribution in [0.5, 0.6) is 0 Å². The summed E-state index contributed by atoms with van der Waals surface area (Å²) >= 11 is 0. The van der Waals surface area contributed by atoms with Crippen LogP contribution in [0.3, 0.4) is 0 Å². The molecule has 4 nitrogen and oxygen atoms in total. The van der Waals surface area contributed by atoms with Crippen LogP contribution in [0.4, 0.5) is 0 Å². The van der Waals surface area contributed by atoms with E-state index < -0.39 is 0 Å². The lowest BCUT2D eigenvalue weighted by molar-refractivity contribution is -0.133. The number of carbonyl (C=O) groups excluding carboxylic acids is 1.